The highest BCUT2D eigenvalue weighted by atomic mass is 14.6. The first-order chi connectivity index (χ1) is 11.1. The summed E-state index contributed by atoms with van der Waals surface area (Å²) in [5.41, 5.74) is 25.0. The third kappa shape index (κ3) is 1.83. The van der Waals surface area contributed by atoms with Crippen LogP contribution in [0.2, 0.25) is 0 Å². The molecule has 0 aliphatic rings. The van der Waals surface area contributed by atoms with Crippen LogP contribution in [0, 0.1) is 55.4 Å². The molecule has 0 aliphatic heterocycles. The molecule has 24 heavy (non-hydrogen) atoms. The molecule has 0 bridgehead atoms. The van der Waals surface area contributed by atoms with Crippen LogP contribution in [0.1, 0.15) is 44.5 Å². The minimum atomic E-state index is 0.889. The molecule has 4 N–H and O–H groups in total. The summed E-state index contributed by atoms with van der Waals surface area (Å²) in [5, 5.41) is 4.92. The number of fused-ring (bicyclic) bond motifs is 2. The number of nitrogen functional groups attached to an aromatic ring is 2. The van der Waals surface area contributed by atoms with Gasteiger partial charge in [0.2, 0.25) is 0 Å². The van der Waals surface area contributed by atoms with E-state index < -0.39 is 0 Å². The van der Waals surface area contributed by atoms with Gasteiger partial charge < -0.3 is 11.5 Å². The second-order valence-corrected chi connectivity index (χ2v) is 7.33. The lowest BCUT2D eigenvalue weighted by Gasteiger charge is -2.23. The summed E-state index contributed by atoms with van der Waals surface area (Å²) in [6, 6.07) is 0. The minimum Gasteiger partial charge on any atom is -0.398 e. The van der Waals surface area contributed by atoms with Gasteiger partial charge in [-0.25, -0.2) is 0 Å². The molecule has 0 fully saturated rings. The average Bonchev–Trinajstić information content (AvgIpc) is 2.55. The zero-order valence-electron chi connectivity index (χ0n) is 16.2. The molecule has 0 saturated heterocycles. The molecule has 3 rings (SSSR count). The van der Waals surface area contributed by atoms with Crippen molar-refractivity contribution < 1.29 is 0 Å². The van der Waals surface area contributed by atoms with Crippen LogP contribution in [-0.2, 0) is 0 Å². The van der Waals surface area contributed by atoms with Crippen LogP contribution in [0.25, 0.3) is 21.5 Å². The van der Waals surface area contributed by atoms with Crippen LogP contribution in [0.15, 0.2) is 0 Å². The Morgan fingerprint density at radius 1 is 0.333 bits per heavy atom. The zero-order chi connectivity index (χ0) is 18.1. The van der Waals surface area contributed by atoms with Gasteiger partial charge in [-0.05, 0) is 111 Å². The predicted octanol–water partition coefficient (Wildman–Crippen LogP) is 5.62. The fraction of sp³-hybridized carbons (Fsp3) is 0.364. The van der Waals surface area contributed by atoms with E-state index in [1.165, 1.54) is 54.9 Å². The van der Waals surface area contributed by atoms with Crippen molar-refractivity contribution in [2.75, 3.05) is 11.5 Å². The van der Waals surface area contributed by atoms with Crippen molar-refractivity contribution in [3.63, 3.8) is 0 Å². The molecule has 0 aliphatic carbocycles. The molecule has 0 saturated carbocycles. The van der Waals surface area contributed by atoms with Gasteiger partial charge in [-0.1, -0.05) is 0 Å². The maximum atomic E-state index is 6.76. The molecule has 0 aromatic heterocycles. The Balaban J connectivity index is 2.82. The predicted molar refractivity (Wildman–Crippen MR) is 108 cm³/mol. The van der Waals surface area contributed by atoms with Gasteiger partial charge in [0.05, 0.1) is 0 Å². The Labute approximate surface area is 144 Å². The Bertz CT molecular complexity index is 875. The summed E-state index contributed by atoms with van der Waals surface area (Å²) < 4.78 is 0. The highest BCUT2D eigenvalue weighted by Gasteiger charge is 2.21. The van der Waals surface area contributed by atoms with Gasteiger partial charge in [-0.3, -0.25) is 0 Å². The number of hydrogen-bond acceptors (Lipinski definition) is 2. The van der Waals surface area contributed by atoms with Gasteiger partial charge in [-0.2, -0.15) is 0 Å². The lowest BCUT2D eigenvalue weighted by atomic mass is 9.82. The van der Waals surface area contributed by atoms with Crippen molar-refractivity contribution in [3.05, 3.63) is 44.5 Å². The molecule has 0 atom stereocenters. The molecule has 126 valence electrons. The number of hydrogen-bond donors (Lipinski definition) is 2. The molecular formula is C22H28N2. The summed E-state index contributed by atoms with van der Waals surface area (Å²) in [4.78, 5) is 0. The standard InChI is InChI=1S/C22H28N2/c1-9-10(2)12(4)19-17(11(9)3)15(7)18-16(8)21(23)14(6)13(5)20(18)22(19)24/h23-24H2,1-8H3. The van der Waals surface area contributed by atoms with E-state index in [1.54, 1.807) is 0 Å². The van der Waals surface area contributed by atoms with E-state index in [0.717, 1.165) is 22.5 Å². The SMILES string of the molecule is Cc1c(C)c(C)c2c(N)c3c(C)c(C)c(N)c(C)c3c(C)c2c1C. The first-order valence-electron chi connectivity index (χ1n) is 8.58. The van der Waals surface area contributed by atoms with E-state index in [1.807, 2.05) is 0 Å². The summed E-state index contributed by atoms with van der Waals surface area (Å²) in [6.07, 6.45) is 0. The van der Waals surface area contributed by atoms with Crippen molar-refractivity contribution in [1.29, 1.82) is 0 Å². The van der Waals surface area contributed by atoms with E-state index >= 15 is 0 Å². The van der Waals surface area contributed by atoms with Crippen molar-refractivity contribution in [1.82, 2.24) is 0 Å². The lowest BCUT2D eigenvalue weighted by Crippen LogP contribution is -2.05. The van der Waals surface area contributed by atoms with Crippen molar-refractivity contribution in [2.24, 2.45) is 0 Å². The van der Waals surface area contributed by atoms with Gasteiger partial charge >= 0.3 is 0 Å². The molecule has 0 radical (unpaired) electrons. The van der Waals surface area contributed by atoms with Gasteiger partial charge in [0, 0.05) is 22.1 Å². The van der Waals surface area contributed by atoms with E-state index in [9.17, 15) is 0 Å². The second kappa shape index (κ2) is 5.14. The third-order valence-corrected chi connectivity index (χ3v) is 6.35. The highest BCUT2D eigenvalue weighted by Crippen LogP contribution is 2.44. The molecule has 0 amide bonds. The zero-order valence-corrected chi connectivity index (χ0v) is 16.2. The first-order valence-corrected chi connectivity index (χ1v) is 8.58. The van der Waals surface area contributed by atoms with E-state index in [0.29, 0.717) is 0 Å². The molecule has 3 aromatic carbocycles. The van der Waals surface area contributed by atoms with Crippen LogP contribution in [0.4, 0.5) is 11.4 Å². The Morgan fingerprint density at radius 2 is 0.708 bits per heavy atom. The molecule has 2 nitrogen and oxygen atoms in total. The minimum absolute atomic E-state index is 0.889. The Hall–Kier alpha value is -2.22. The van der Waals surface area contributed by atoms with Crippen LogP contribution in [-0.4, -0.2) is 0 Å². The fourth-order valence-electron chi connectivity index (χ4n) is 4.35. The monoisotopic (exact) mass is 320 g/mol. The van der Waals surface area contributed by atoms with Gasteiger partial charge in [0.25, 0.3) is 0 Å². The Kier molecular flexibility index (Phi) is 3.56. The van der Waals surface area contributed by atoms with Crippen LogP contribution in [0.5, 0.6) is 0 Å². The van der Waals surface area contributed by atoms with Crippen molar-refractivity contribution in [2.45, 2.75) is 55.4 Å². The van der Waals surface area contributed by atoms with Crippen LogP contribution >= 0.6 is 0 Å². The number of anilines is 2. The molecule has 3 aromatic rings. The fourth-order valence-corrected chi connectivity index (χ4v) is 4.35. The van der Waals surface area contributed by atoms with Gasteiger partial charge in [0.1, 0.15) is 0 Å². The van der Waals surface area contributed by atoms with E-state index in [4.69, 9.17) is 11.5 Å². The lowest BCUT2D eigenvalue weighted by molar-refractivity contribution is 1.25. The quantitative estimate of drug-likeness (QED) is 0.417. The topological polar surface area (TPSA) is 52.0 Å². The molecule has 2 heteroatoms. The summed E-state index contributed by atoms with van der Waals surface area (Å²) in [5.74, 6) is 0. The van der Waals surface area contributed by atoms with Crippen molar-refractivity contribution >= 4 is 32.9 Å². The van der Waals surface area contributed by atoms with Crippen molar-refractivity contribution in [3.8, 4) is 0 Å². The third-order valence-electron chi connectivity index (χ3n) is 6.35. The summed E-state index contributed by atoms with van der Waals surface area (Å²) in [6.45, 7) is 17.4. The molecule has 0 heterocycles. The summed E-state index contributed by atoms with van der Waals surface area (Å²) in [7, 11) is 0. The Morgan fingerprint density at radius 3 is 1.21 bits per heavy atom. The second-order valence-electron chi connectivity index (χ2n) is 7.33. The molecule has 0 unspecified atom stereocenters. The highest BCUT2D eigenvalue weighted by molar-refractivity contribution is 6.18. The maximum absolute atomic E-state index is 6.76. The maximum Gasteiger partial charge on any atom is 0.0479 e. The van der Waals surface area contributed by atoms with Crippen LogP contribution in [0.3, 0.4) is 0 Å². The van der Waals surface area contributed by atoms with Crippen LogP contribution < -0.4 is 11.5 Å². The smallest absolute Gasteiger partial charge is 0.0479 e. The first kappa shape index (κ1) is 16.6. The van der Waals surface area contributed by atoms with Gasteiger partial charge in [-0.15, -0.1) is 0 Å². The summed E-state index contributed by atoms with van der Waals surface area (Å²) >= 11 is 0. The number of nitrogens with two attached hydrogens (primary N) is 2. The normalized spacial score (nSPS) is 11.7. The number of aryl methyl sites for hydroxylation is 5. The number of rotatable bonds is 0. The average molecular weight is 320 g/mol. The number of benzene rings is 3. The van der Waals surface area contributed by atoms with Gasteiger partial charge in [0.15, 0.2) is 0 Å². The van der Waals surface area contributed by atoms with E-state index in [2.05, 4.69) is 55.4 Å². The van der Waals surface area contributed by atoms with E-state index in [-0.39, 0.29) is 0 Å². The molecule has 0 spiro atoms. The largest absolute Gasteiger partial charge is 0.398 e. The molecular weight excluding hydrogens is 292 g/mol.